The van der Waals surface area contributed by atoms with Crippen LogP contribution in [-0.2, 0) is 17.6 Å². The van der Waals surface area contributed by atoms with E-state index in [1.807, 2.05) is 144 Å². The van der Waals surface area contributed by atoms with Gasteiger partial charge in [-0.3, -0.25) is 0 Å². The molecule has 4 saturated heterocycles. The lowest BCUT2D eigenvalue weighted by atomic mass is 9.80. The molecule has 0 amide bonds. The van der Waals surface area contributed by atoms with Gasteiger partial charge in [0.2, 0.25) is 0 Å². The van der Waals surface area contributed by atoms with Crippen LogP contribution < -0.4 is 16.0 Å². The molecule has 24 heteroatoms. The van der Waals surface area contributed by atoms with Crippen molar-refractivity contribution >= 4 is 44.1 Å². The molecule has 0 radical (unpaired) electrons. The van der Waals surface area contributed by atoms with E-state index in [0.29, 0.717) is 38.1 Å². The fraction of sp³-hybridized carbons (Fsp3) is 0.455. The van der Waals surface area contributed by atoms with Crippen LogP contribution in [0.4, 0.5) is 0 Å². The number of hydrogen-bond donors (Lipinski definition) is 11. The van der Waals surface area contributed by atoms with Gasteiger partial charge in [0.15, 0.2) is 0 Å². The monoisotopic (exact) mass is 1520 g/mol. The molecule has 0 unspecified atom stereocenters. The van der Waals surface area contributed by atoms with Crippen LogP contribution in [0.3, 0.4) is 0 Å². The Morgan fingerprint density at radius 3 is 1.01 bits per heavy atom. The Morgan fingerprint density at radius 2 is 0.652 bits per heavy atom. The van der Waals surface area contributed by atoms with Crippen molar-refractivity contribution in [3.05, 3.63) is 241 Å². The lowest BCUT2D eigenvalue weighted by Gasteiger charge is -2.27. The minimum absolute atomic E-state index is 0. The number of hydrogen-bond acceptors (Lipinski definition) is 20. The molecule has 588 valence electrons. The fourth-order valence-corrected chi connectivity index (χ4v) is 20.4. The zero-order chi connectivity index (χ0) is 75.8. The van der Waals surface area contributed by atoms with E-state index >= 15 is 0 Å². The maximum Gasteiger partial charge on any atom is 0.143 e. The van der Waals surface area contributed by atoms with E-state index in [0.717, 1.165) is 137 Å². The molecular weight excluding hydrogens is 1410 g/mol. The topological polar surface area (TPSA) is 330 Å². The zero-order valence-corrected chi connectivity index (χ0v) is 62.5. The van der Waals surface area contributed by atoms with Crippen LogP contribution in [0.1, 0.15) is 148 Å². The molecule has 12 aromatic rings. The fourth-order valence-electron chi connectivity index (χ4n) is 20.4. The number of ether oxygens (including phenoxy) is 1. The molecule has 8 aromatic heterocycles. The number of nitrogens with one attached hydrogen (secondary N) is 3. The summed E-state index contributed by atoms with van der Waals surface area (Å²) in [6, 6.07) is 49.3. The van der Waals surface area contributed by atoms with Crippen LogP contribution in [0.5, 0.6) is 0 Å². The van der Waals surface area contributed by atoms with Crippen LogP contribution in [0.2, 0.25) is 0 Å². The lowest BCUT2D eigenvalue weighted by Crippen LogP contribution is -2.38. The van der Waals surface area contributed by atoms with E-state index < -0.39 is 54.2 Å². The number of aliphatic hydroxyl groups excluding tert-OH is 8. The van der Waals surface area contributed by atoms with E-state index in [-0.39, 0.29) is 67.4 Å². The summed E-state index contributed by atoms with van der Waals surface area (Å²) in [6.45, 7) is 10.4. The molecule has 12 heterocycles. The second-order valence-electron chi connectivity index (χ2n) is 32.9. The minimum atomic E-state index is -0.853. The van der Waals surface area contributed by atoms with Crippen molar-refractivity contribution in [3.63, 3.8) is 0 Å². The Kier molecular flexibility index (Phi) is 22.1. The molecule has 0 bridgehead atoms. The predicted molar refractivity (Wildman–Crippen MR) is 430 cm³/mol. The highest BCUT2D eigenvalue weighted by atomic mass is 16.5. The van der Waals surface area contributed by atoms with Crippen LogP contribution in [0.25, 0.3) is 44.1 Å². The van der Waals surface area contributed by atoms with Crippen molar-refractivity contribution in [2.24, 2.45) is 21.7 Å². The summed E-state index contributed by atoms with van der Waals surface area (Å²) in [6.07, 6.45) is 15.7. The zero-order valence-electron chi connectivity index (χ0n) is 62.5. The Labute approximate surface area is 653 Å². The number of aromatic nitrogens is 12. The van der Waals surface area contributed by atoms with Gasteiger partial charge in [-0.2, -0.15) is 0 Å². The standard InChI is InChI=1S/2C22H26N4O2.C21H24N4O2.C21H23N3O3.2CH4/c2*1-14-17-7-8-26(21(17)25-13-24-14)18-11-22(20(28)19(18)27)10-16(23-12-22)9-15-5-3-2-4-6-15;1-13-15-7-8-25(20(15)24-12-23-13)17-10-21(19(27)18(17)26)9-16(22-11-21)14-5-3-2-4-6-14;1-13-15-7-8-24(20(15)23-12-22-13)16-9-21(19(26)18(16)25)10-17(27-11-21)14-5-3-2-4-6-14;;/h2*2-8,13,16,18-20,23,27-28H,9-12H2,1H3;2-8,12,16-19,22,26-27H,9-11H2,1H3;2-8,12,16-19,25-26H,9-11H2,1H3;2*1H4/t16-,18+,19-,20-,22-;16-,18-,19+,20+,22+;16-,17-,18+,19+,21+;16-,17+,18+,19+,21-;;/m0111../s1. The van der Waals surface area contributed by atoms with Crippen molar-refractivity contribution in [2.45, 2.75) is 204 Å². The average Bonchev–Trinajstić information content (AvgIpc) is 1.59. The van der Waals surface area contributed by atoms with Gasteiger partial charge in [0.25, 0.3) is 0 Å². The molecule has 8 fully saturated rings. The third-order valence-corrected chi connectivity index (χ3v) is 26.4. The molecule has 11 N–H and O–H groups in total. The van der Waals surface area contributed by atoms with E-state index in [1.54, 1.807) is 25.3 Å². The molecule has 20 rings (SSSR count). The van der Waals surface area contributed by atoms with Gasteiger partial charge in [0.1, 0.15) is 72.3 Å². The Bertz CT molecular complexity index is 4890. The van der Waals surface area contributed by atoms with Crippen molar-refractivity contribution in [1.82, 2.24) is 74.1 Å². The largest absolute Gasteiger partial charge is 0.390 e. The van der Waals surface area contributed by atoms with Crippen LogP contribution >= 0.6 is 0 Å². The number of rotatable bonds is 10. The van der Waals surface area contributed by atoms with Crippen molar-refractivity contribution in [1.29, 1.82) is 0 Å². The molecule has 4 spiro atoms. The maximum absolute atomic E-state index is 11.0. The van der Waals surface area contributed by atoms with E-state index in [9.17, 15) is 40.9 Å². The lowest BCUT2D eigenvalue weighted by molar-refractivity contribution is -0.0309. The van der Waals surface area contributed by atoms with Gasteiger partial charge in [0, 0.05) is 106 Å². The van der Waals surface area contributed by atoms with E-state index in [2.05, 4.69) is 129 Å². The Hall–Kier alpha value is -9.12. The van der Waals surface area contributed by atoms with Crippen molar-refractivity contribution < 1.29 is 45.6 Å². The molecule has 4 aliphatic heterocycles. The number of aliphatic hydroxyl groups is 8. The van der Waals surface area contributed by atoms with Gasteiger partial charge in [-0.05, 0) is 138 Å². The molecular formula is C88H107N15O9. The van der Waals surface area contributed by atoms with Gasteiger partial charge in [-0.1, -0.05) is 136 Å². The molecule has 4 aromatic carbocycles. The summed E-state index contributed by atoms with van der Waals surface area (Å²) >= 11 is 0. The van der Waals surface area contributed by atoms with Crippen LogP contribution in [-0.4, -0.2) is 186 Å². The second-order valence-corrected chi connectivity index (χ2v) is 32.9. The van der Waals surface area contributed by atoms with Crippen LogP contribution in [0, 0.1) is 49.4 Å². The Balaban J connectivity index is 0.000000117. The number of benzene rings is 4. The molecule has 20 atom stereocenters. The second kappa shape index (κ2) is 31.7. The van der Waals surface area contributed by atoms with Gasteiger partial charge < -0.3 is 79.8 Å². The van der Waals surface area contributed by atoms with E-state index in [1.165, 1.54) is 16.7 Å². The summed E-state index contributed by atoms with van der Waals surface area (Å²) < 4.78 is 14.1. The molecule has 8 aliphatic rings. The Morgan fingerprint density at radius 1 is 0.348 bits per heavy atom. The number of fused-ring (bicyclic) bond motifs is 4. The normalized spacial score (nSPS) is 32.3. The summed E-state index contributed by atoms with van der Waals surface area (Å²) in [5, 5.41) is 102. The molecule has 4 aliphatic carbocycles. The number of aryl methyl sites for hydroxylation is 4. The first-order valence-electron chi connectivity index (χ1n) is 38.9. The summed E-state index contributed by atoms with van der Waals surface area (Å²) in [7, 11) is 0. The highest BCUT2D eigenvalue weighted by molar-refractivity contribution is 5.80. The smallest absolute Gasteiger partial charge is 0.143 e. The van der Waals surface area contributed by atoms with E-state index in [4.69, 9.17) is 4.74 Å². The first-order chi connectivity index (χ1) is 53.3. The van der Waals surface area contributed by atoms with Gasteiger partial charge in [0.05, 0.1) is 84.1 Å². The first kappa shape index (κ1) is 78.2. The van der Waals surface area contributed by atoms with Crippen molar-refractivity contribution in [2.75, 3.05) is 26.2 Å². The maximum atomic E-state index is 11.0. The van der Waals surface area contributed by atoms with Gasteiger partial charge in [-0.15, -0.1) is 0 Å². The highest BCUT2D eigenvalue weighted by Gasteiger charge is 2.60. The summed E-state index contributed by atoms with van der Waals surface area (Å²) in [4.78, 5) is 34.7. The predicted octanol–water partition coefficient (Wildman–Crippen LogP) is 9.95. The molecule has 24 nitrogen and oxygen atoms in total. The third-order valence-electron chi connectivity index (χ3n) is 26.4. The summed E-state index contributed by atoms with van der Waals surface area (Å²) in [5.74, 6) is 0. The molecule has 112 heavy (non-hydrogen) atoms. The SMILES string of the molecule is C.C.Cc1ncnc2c1ccn2[C@@H]1C[C@@]2(CN[C@@H](Cc3ccccc3)C2)[C@@H](O)[C@H]1O.Cc1ncnc2c1ccn2[C@@H]1C[C@@]2(CN[C@@H](c3ccccc3)C2)[C@@H](O)[C@H]1O.Cc1ncnc2c1ccn2[C@@H]1C[C@@]2(CN[C@H](Cc3ccccc3)C2)[C@@H](O)[C@H]1O.Cc1ncnc2c1ccn2[C@@H]1C[C@@]2(CO[C@H](c3ccccc3)C2)[C@@H](O)[C@H]1O. The molecule has 4 saturated carbocycles. The number of nitrogens with zero attached hydrogens (tertiary/aromatic N) is 12. The quantitative estimate of drug-likeness (QED) is 0.0606. The average molecular weight is 1520 g/mol. The minimum Gasteiger partial charge on any atom is -0.390 e. The first-order valence-corrected chi connectivity index (χ1v) is 38.9. The van der Waals surface area contributed by atoms with Gasteiger partial charge >= 0.3 is 0 Å². The van der Waals surface area contributed by atoms with Crippen LogP contribution in [0.15, 0.2) is 196 Å². The third kappa shape index (κ3) is 14.1. The van der Waals surface area contributed by atoms with Gasteiger partial charge in [-0.25, -0.2) is 39.9 Å². The highest BCUT2D eigenvalue weighted by Crippen LogP contribution is 2.57. The van der Waals surface area contributed by atoms with Crippen molar-refractivity contribution in [3.8, 4) is 0 Å². The summed E-state index contributed by atoms with van der Waals surface area (Å²) in [5.41, 5.74) is 10.5.